The first-order valence-corrected chi connectivity index (χ1v) is 7.44. The van der Waals surface area contributed by atoms with E-state index in [9.17, 15) is 5.26 Å². The molecule has 1 fully saturated rings. The van der Waals surface area contributed by atoms with Gasteiger partial charge in [0, 0.05) is 13.2 Å². The van der Waals surface area contributed by atoms with E-state index in [4.69, 9.17) is 4.74 Å². The first-order chi connectivity index (χ1) is 8.76. The van der Waals surface area contributed by atoms with Gasteiger partial charge in [0.05, 0.1) is 6.07 Å². The number of ether oxygens (including phenoxy) is 1. The summed E-state index contributed by atoms with van der Waals surface area (Å²) in [6, 6.07) is 2.39. The average Bonchev–Trinajstić information content (AvgIpc) is 2.45. The van der Waals surface area contributed by atoms with Crippen molar-refractivity contribution in [3.05, 3.63) is 0 Å². The van der Waals surface area contributed by atoms with Gasteiger partial charge in [-0.2, -0.15) is 5.26 Å². The summed E-state index contributed by atoms with van der Waals surface area (Å²) in [6.07, 6.45) is 9.53. The minimum atomic E-state index is -0.353. The van der Waals surface area contributed by atoms with Crippen LogP contribution in [0.25, 0.3) is 0 Å². The summed E-state index contributed by atoms with van der Waals surface area (Å²) in [7, 11) is 1.87. The molecule has 1 atom stereocenters. The molecule has 0 aliphatic heterocycles. The molecule has 0 aromatic rings. The van der Waals surface area contributed by atoms with E-state index in [2.05, 4.69) is 18.3 Å². The van der Waals surface area contributed by atoms with Crippen molar-refractivity contribution in [2.75, 3.05) is 20.3 Å². The molecule has 0 aromatic carbocycles. The molecule has 0 aromatic heterocycles. The van der Waals surface area contributed by atoms with Crippen LogP contribution in [0.15, 0.2) is 0 Å². The molecule has 0 amide bonds. The standard InChI is InChI=1S/C15H28N2O/c1-3-15(13-16,17-2)10-7-11-18-12-14-8-5-4-6-9-14/h14,17H,3-12H2,1-2H3. The molecule has 0 spiro atoms. The minimum absolute atomic E-state index is 0.353. The molecule has 1 saturated carbocycles. The summed E-state index contributed by atoms with van der Waals surface area (Å²) in [5.41, 5.74) is -0.353. The molecular weight excluding hydrogens is 224 g/mol. The smallest absolute Gasteiger partial charge is 0.106 e. The summed E-state index contributed by atoms with van der Waals surface area (Å²) in [5, 5.41) is 12.3. The summed E-state index contributed by atoms with van der Waals surface area (Å²) in [5.74, 6) is 0.787. The van der Waals surface area contributed by atoms with Gasteiger partial charge in [0.15, 0.2) is 0 Å². The minimum Gasteiger partial charge on any atom is -0.381 e. The van der Waals surface area contributed by atoms with Gasteiger partial charge >= 0.3 is 0 Å². The highest BCUT2D eigenvalue weighted by Gasteiger charge is 2.24. The topological polar surface area (TPSA) is 45.0 Å². The van der Waals surface area contributed by atoms with Crippen molar-refractivity contribution in [3.8, 4) is 6.07 Å². The molecule has 1 N–H and O–H groups in total. The highest BCUT2D eigenvalue weighted by Crippen LogP contribution is 2.24. The molecule has 3 heteroatoms. The van der Waals surface area contributed by atoms with Crippen molar-refractivity contribution in [2.45, 2.75) is 63.8 Å². The molecular formula is C15H28N2O. The zero-order chi connectivity index (χ0) is 13.3. The average molecular weight is 252 g/mol. The molecule has 18 heavy (non-hydrogen) atoms. The summed E-state index contributed by atoms with van der Waals surface area (Å²) in [4.78, 5) is 0. The van der Waals surface area contributed by atoms with Crippen LogP contribution in [0.2, 0.25) is 0 Å². The number of hydrogen-bond donors (Lipinski definition) is 1. The Labute approximate surface area is 112 Å². The lowest BCUT2D eigenvalue weighted by atomic mass is 9.90. The van der Waals surface area contributed by atoms with Gasteiger partial charge in [-0.05, 0) is 45.1 Å². The van der Waals surface area contributed by atoms with Gasteiger partial charge in [-0.15, -0.1) is 0 Å². The van der Waals surface area contributed by atoms with E-state index in [1.54, 1.807) is 0 Å². The lowest BCUT2D eigenvalue weighted by Crippen LogP contribution is -2.40. The van der Waals surface area contributed by atoms with Crippen molar-refractivity contribution >= 4 is 0 Å². The maximum atomic E-state index is 9.18. The highest BCUT2D eigenvalue weighted by molar-refractivity contribution is 5.05. The number of nitrogens with one attached hydrogen (secondary N) is 1. The summed E-state index contributed by atoms with van der Waals surface area (Å²) < 4.78 is 5.76. The van der Waals surface area contributed by atoms with E-state index in [1.807, 2.05) is 7.05 Å². The SMILES string of the molecule is CCC(C#N)(CCCOCC1CCCCC1)NC. The maximum absolute atomic E-state index is 9.18. The van der Waals surface area contributed by atoms with Gasteiger partial charge in [0.1, 0.15) is 5.54 Å². The quantitative estimate of drug-likeness (QED) is 0.674. The van der Waals surface area contributed by atoms with E-state index in [0.717, 1.165) is 38.4 Å². The third-order valence-electron chi connectivity index (χ3n) is 4.27. The second-order valence-corrected chi connectivity index (χ2v) is 5.48. The van der Waals surface area contributed by atoms with Crippen LogP contribution in [0.3, 0.4) is 0 Å². The van der Waals surface area contributed by atoms with Crippen molar-refractivity contribution in [1.82, 2.24) is 5.32 Å². The Morgan fingerprint density at radius 2 is 2.06 bits per heavy atom. The first kappa shape index (κ1) is 15.5. The Morgan fingerprint density at radius 1 is 1.33 bits per heavy atom. The van der Waals surface area contributed by atoms with E-state index in [-0.39, 0.29) is 5.54 Å². The predicted octanol–water partition coefficient (Wildman–Crippen LogP) is 3.26. The third kappa shape index (κ3) is 4.96. The molecule has 1 aliphatic carbocycles. The van der Waals surface area contributed by atoms with Crippen LogP contribution in [0.1, 0.15) is 58.3 Å². The van der Waals surface area contributed by atoms with Gasteiger partial charge in [0.25, 0.3) is 0 Å². The van der Waals surface area contributed by atoms with Crippen LogP contribution in [-0.4, -0.2) is 25.8 Å². The van der Waals surface area contributed by atoms with Gasteiger partial charge in [-0.25, -0.2) is 0 Å². The van der Waals surface area contributed by atoms with Crippen LogP contribution in [0.5, 0.6) is 0 Å². The Balaban J connectivity index is 2.09. The first-order valence-electron chi connectivity index (χ1n) is 7.44. The van der Waals surface area contributed by atoms with Crippen molar-refractivity contribution in [1.29, 1.82) is 5.26 Å². The Kier molecular flexibility index (Phi) is 7.31. The zero-order valence-electron chi connectivity index (χ0n) is 12.0. The lowest BCUT2D eigenvalue weighted by molar-refractivity contribution is 0.0799. The maximum Gasteiger partial charge on any atom is 0.106 e. The van der Waals surface area contributed by atoms with E-state index in [1.165, 1.54) is 32.1 Å². The van der Waals surface area contributed by atoms with Gasteiger partial charge < -0.3 is 10.1 Å². The zero-order valence-corrected chi connectivity index (χ0v) is 12.0. The number of hydrogen-bond acceptors (Lipinski definition) is 3. The van der Waals surface area contributed by atoms with Gasteiger partial charge in [-0.1, -0.05) is 26.2 Å². The van der Waals surface area contributed by atoms with Crippen molar-refractivity contribution < 1.29 is 4.74 Å². The van der Waals surface area contributed by atoms with Crippen LogP contribution in [-0.2, 0) is 4.74 Å². The molecule has 104 valence electrons. The fourth-order valence-corrected chi connectivity index (χ4v) is 2.75. The van der Waals surface area contributed by atoms with Crippen molar-refractivity contribution in [3.63, 3.8) is 0 Å². The number of rotatable bonds is 8. The van der Waals surface area contributed by atoms with Crippen LogP contribution in [0, 0.1) is 17.2 Å². The highest BCUT2D eigenvalue weighted by atomic mass is 16.5. The number of nitriles is 1. The lowest BCUT2D eigenvalue weighted by Gasteiger charge is -2.25. The largest absolute Gasteiger partial charge is 0.381 e. The van der Waals surface area contributed by atoms with Gasteiger partial charge in [0.2, 0.25) is 0 Å². The molecule has 3 nitrogen and oxygen atoms in total. The second kappa shape index (κ2) is 8.50. The van der Waals surface area contributed by atoms with Crippen LogP contribution in [0.4, 0.5) is 0 Å². The molecule has 1 unspecified atom stereocenters. The molecule has 0 radical (unpaired) electrons. The van der Waals surface area contributed by atoms with Crippen LogP contribution < -0.4 is 5.32 Å². The summed E-state index contributed by atoms with van der Waals surface area (Å²) >= 11 is 0. The molecule has 1 rings (SSSR count). The van der Waals surface area contributed by atoms with E-state index >= 15 is 0 Å². The van der Waals surface area contributed by atoms with Crippen molar-refractivity contribution in [2.24, 2.45) is 5.92 Å². The van der Waals surface area contributed by atoms with Crippen LogP contribution >= 0.6 is 0 Å². The predicted molar refractivity (Wildman–Crippen MR) is 74.3 cm³/mol. The third-order valence-corrected chi connectivity index (χ3v) is 4.27. The Hall–Kier alpha value is -0.590. The van der Waals surface area contributed by atoms with Gasteiger partial charge in [-0.3, -0.25) is 0 Å². The molecule has 1 aliphatic rings. The van der Waals surface area contributed by atoms with E-state index in [0.29, 0.717) is 0 Å². The fourth-order valence-electron chi connectivity index (χ4n) is 2.75. The monoisotopic (exact) mass is 252 g/mol. The fraction of sp³-hybridized carbons (Fsp3) is 0.933. The molecule has 0 heterocycles. The normalized spacial score (nSPS) is 20.3. The Bertz CT molecular complexity index is 250. The van der Waals surface area contributed by atoms with E-state index < -0.39 is 0 Å². The molecule has 0 bridgehead atoms. The number of nitrogens with zero attached hydrogens (tertiary/aromatic N) is 1. The summed E-state index contributed by atoms with van der Waals surface area (Å²) in [6.45, 7) is 3.77. The second-order valence-electron chi connectivity index (χ2n) is 5.48. The molecule has 0 saturated heterocycles. The Morgan fingerprint density at radius 3 is 2.61 bits per heavy atom.